The van der Waals surface area contributed by atoms with Gasteiger partial charge < -0.3 is 5.32 Å². The highest BCUT2D eigenvalue weighted by Crippen LogP contribution is 2.31. The fourth-order valence-electron chi connectivity index (χ4n) is 1.95. The van der Waals surface area contributed by atoms with Gasteiger partial charge in [0.2, 0.25) is 5.95 Å². The molecule has 0 fully saturated rings. The van der Waals surface area contributed by atoms with Crippen molar-refractivity contribution in [2.24, 2.45) is 5.92 Å². The number of rotatable bonds is 4. The highest BCUT2D eigenvalue weighted by Gasteiger charge is 2.30. The lowest BCUT2D eigenvalue weighted by Crippen LogP contribution is -2.12. The zero-order valence-electron chi connectivity index (χ0n) is 12.2. The van der Waals surface area contributed by atoms with Crippen LogP contribution < -0.4 is 5.32 Å². The summed E-state index contributed by atoms with van der Waals surface area (Å²) in [6.45, 7) is 6.62. The molecule has 1 N–H and O–H groups in total. The van der Waals surface area contributed by atoms with Gasteiger partial charge in [-0.25, -0.2) is 4.98 Å². The molecule has 0 aliphatic carbocycles. The molecule has 1 aromatic heterocycles. The Morgan fingerprint density at radius 1 is 1.29 bits per heavy atom. The van der Waals surface area contributed by atoms with Crippen molar-refractivity contribution in [3.63, 3.8) is 0 Å². The van der Waals surface area contributed by atoms with Gasteiger partial charge in [-0.05, 0) is 31.0 Å². The molecule has 114 valence electrons. The first-order valence-electron chi connectivity index (χ1n) is 6.75. The summed E-state index contributed by atoms with van der Waals surface area (Å²) in [6.07, 6.45) is -2.63. The Bertz CT molecular complexity index is 615. The fourth-order valence-corrected chi connectivity index (χ4v) is 1.95. The normalized spacial score (nSPS) is 12.0. The molecule has 1 aromatic carbocycles. The molecule has 0 spiro atoms. The number of hydrogen-bond acceptors (Lipinski definition) is 2. The summed E-state index contributed by atoms with van der Waals surface area (Å²) < 4.78 is 40.1. The lowest BCUT2D eigenvalue weighted by molar-refractivity contribution is -0.137. The summed E-state index contributed by atoms with van der Waals surface area (Å²) in [6, 6.07) is 5.23. The monoisotopic (exact) mass is 297 g/mol. The third kappa shape index (κ3) is 3.77. The molecule has 0 amide bonds. The van der Waals surface area contributed by atoms with Crippen molar-refractivity contribution in [2.45, 2.75) is 26.9 Å². The van der Waals surface area contributed by atoms with E-state index in [-0.39, 0.29) is 0 Å². The van der Waals surface area contributed by atoms with Gasteiger partial charge in [-0.3, -0.25) is 4.57 Å². The number of anilines is 1. The number of aryl methyl sites for hydroxylation is 1. The van der Waals surface area contributed by atoms with Crippen LogP contribution in [0.2, 0.25) is 0 Å². The summed E-state index contributed by atoms with van der Waals surface area (Å²) in [5.41, 5.74) is 0.525. The highest BCUT2D eigenvalue weighted by molar-refractivity contribution is 5.45. The number of hydrogen-bond donors (Lipinski definition) is 1. The number of nitrogens with zero attached hydrogens (tertiary/aromatic N) is 2. The Kier molecular flexibility index (Phi) is 4.25. The van der Waals surface area contributed by atoms with Gasteiger partial charge in [-0.15, -0.1) is 0 Å². The average molecular weight is 297 g/mol. The SMILES string of the molecule is Cc1cn(-c2cccc(C(F)(F)F)c2)c(NCC(C)C)n1. The maximum Gasteiger partial charge on any atom is 0.416 e. The minimum absolute atomic E-state index is 0.414. The van der Waals surface area contributed by atoms with Crippen LogP contribution in [0.5, 0.6) is 0 Å². The quantitative estimate of drug-likeness (QED) is 0.913. The maximum absolute atomic E-state index is 12.8. The highest BCUT2D eigenvalue weighted by atomic mass is 19.4. The van der Waals surface area contributed by atoms with Crippen LogP contribution in [0.4, 0.5) is 19.1 Å². The van der Waals surface area contributed by atoms with Gasteiger partial charge in [0.15, 0.2) is 0 Å². The first-order valence-corrected chi connectivity index (χ1v) is 6.75. The summed E-state index contributed by atoms with van der Waals surface area (Å²) in [5, 5.41) is 3.16. The Hall–Kier alpha value is -1.98. The number of nitrogens with one attached hydrogen (secondary N) is 1. The predicted octanol–water partition coefficient (Wildman–Crippen LogP) is 4.27. The minimum atomic E-state index is -4.35. The van der Waals surface area contributed by atoms with Crippen LogP contribution >= 0.6 is 0 Å². The summed E-state index contributed by atoms with van der Waals surface area (Å²) in [7, 11) is 0. The largest absolute Gasteiger partial charge is 0.416 e. The van der Waals surface area contributed by atoms with Crippen molar-refractivity contribution < 1.29 is 13.2 Å². The van der Waals surface area contributed by atoms with Crippen molar-refractivity contribution >= 4 is 5.95 Å². The van der Waals surface area contributed by atoms with E-state index in [1.165, 1.54) is 6.07 Å². The van der Waals surface area contributed by atoms with E-state index < -0.39 is 11.7 Å². The van der Waals surface area contributed by atoms with E-state index in [0.717, 1.165) is 17.8 Å². The molecule has 0 bridgehead atoms. The summed E-state index contributed by atoms with van der Waals surface area (Å²) >= 11 is 0. The van der Waals surface area contributed by atoms with Gasteiger partial charge >= 0.3 is 6.18 Å². The molecule has 0 unspecified atom stereocenters. The molecule has 0 aliphatic heterocycles. The molecule has 0 aliphatic rings. The van der Waals surface area contributed by atoms with E-state index in [9.17, 15) is 13.2 Å². The van der Waals surface area contributed by atoms with Crippen molar-refractivity contribution in [1.29, 1.82) is 0 Å². The van der Waals surface area contributed by atoms with Crippen molar-refractivity contribution in [2.75, 3.05) is 11.9 Å². The lowest BCUT2D eigenvalue weighted by atomic mass is 10.2. The molecule has 0 saturated carbocycles. The van der Waals surface area contributed by atoms with Gasteiger partial charge in [0, 0.05) is 18.4 Å². The van der Waals surface area contributed by atoms with E-state index >= 15 is 0 Å². The van der Waals surface area contributed by atoms with Gasteiger partial charge in [0.05, 0.1) is 11.3 Å². The van der Waals surface area contributed by atoms with Gasteiger partial charge in [-0.2, -0.15) is 13.2 Å². The van der Waals surface area contributed by atoms with E-state index in [1.54, 1.807) is 16.8 Å². The fraction of sp³-hybridized carbons (Fsp3) is 0.400. The molecular weight excluding hydrogens is 279 g/mol. The molecule has 0 atom stereocenters. The molecule has 21 heavy (non-hydrogen) atoms. The smallest absolute Gasteiger partial charge is 0.355 e. The van der Waals surface area contributed by atoms with Crippen molar-refractivity contribution in [1.82, 2.24) is 9.55 Å². The zero-order chi connectivity index (χ0) is 15.6. The van der Waals surface area contributed by atoms with Crippen LogP contribution in [-0.4, -0.2) is 16.1 Å². The first-order chi connectivity index (χ1) is 9.77. The summed E-state index contributed by atoms with van der Waals surface area (Å²) in [5.74, 6) is 0.970. The van der Waals surface area contributed by atoms with Crippen molar-refractivity contribution in [3.8, 4) is 5.69 Å². The Balaban J connectivity index is 2.38. The molecule has 2 aromatic rings. The number of halogens is 3. The number of alkyl halides is 3. The van der Waals surface area contributed by atoms with E-state index in [1.807, 2.05) is 6.92 Å². The zero-order valence-corrected chi connectivity index (χ0v) is 12.2. The number of imidazole rings is 1. The average Bonchev–Trinajstić information content (AvgIpc) is 2.77. The Labute approximate surface area is 121 Å². The second-order valence-electron chi connectivity index (χ2n) is 5.40. The molecule has 2 rings (SSSR count). The Morgan fingerprint density at radius 2 is 2.00 bits per heavy atom. The molecular formula is C15H18F3N3. The van der Waals surface area contributed by atoms with E-state index in [4.69, 9.17) is 0 Å². The van der Waals surface area contributed by atoms with Crippen LogP contribution in [0, 0.1) is 12.8 Å². The van der Waals surface area contributed by atoms with Crippen LogP contribution in [-0.2, 0) is 6.18 Å². The molecule has 0 saturated heterocycles. The van der Waals surface area contributed by atoms with E-state index in [0.29, 0.717) is 24.1 Å². The number of aromatic nitrogens is 2. The summed E-state index contributed by atoms with van der Waals surface area (Å²) in [4.78, 5) is 4.32. The van der Waals surface area contributed by atoms with Gasteiger partial charge in [0.1, 0.15) is 0 Å². The van der Waals surface area contributed by atoms with Crippen LogP contribution in [0.1, 0.15) is 25.1 Å². The van der Waals surface area contributed by atoms with Crippen LogP contribution in [0.3, 0.4) is 0 Å². The van der Waals surface area contributed by atoms with Crippen LogP contribution in [0.25, 0.3) is 5.69 Å². The minimum Gasteiger partial charge on any atom is -0.355 e. The van der Waals surface area contributed by atoms with Gasteiger partial charge in [-0.1, -0.05) is 19.9 Å². The standard InChI is InChI=1S/C15H18F3N3/c1-10(2)8-19-14-20-11(3)9-21(14)13-6-4-5-12(7-13)15(16,17)18/h4-7,9-10H,8H2,1-3H3,(H,19,20). The first kappa shape index (κ1) is 15.4. The predicted molar refractivity (Wildman–Crippen MR) is 76.6 cm³/mol. The molecule has 0 radical (unpaired) electrons. The topological polar surface area (TPSA) is 29.9 Å². The maximum atomic E-state index is 12.8. The molecule has 6 heteroatoms. The molecule has 1 heterocycles. The molecule has 3 nitrogen and oxygen atoms in total. The Morgan fingerprint density at radius 3 is 2.62 bits per heavy atom. The van der Waals surface area contributed by atoms with E-state index in [2.05, 4.69) is 24.1 Å². The van der Waals surface area contributed by atoms with Crippen LogP contribution in [0.15, 0.2) is 30.5 Å². The third-order valence-electron chi connectivity index (χ3n) is 2.95. The second-order valence-corrected chi connectivity index (χ2v) is 5.40. The third-order valence-corrected chi connectivity index (χ3v) is 2.95. The van der Waals surface area contributed by atoms with Gasteiger partial charge in [0.25, 0.3) is 0 Å². The second kappa shape index (κ2) is 5.79. The van der Waals surface area contributed by atoms with Crippen molar-refractivity contribution in [3.05, 3.63) is 41.7 Å². The number of benzene rings is 1. The lowest BCUT2D eigenvalue weighted by Gasteiger charge is -2.13.